The van der Waals surface area contributed by atoms with E-state index in [9.17, 15) is 19.1 Å². The fourth-order valence-corrected chi connectivity index (χ4v) is 2.01. The summed E-state index contributed by atoms with van der Waals surface area (Å²) in [5.41, 5.74) is -0.542. The second-order valence-corrected chi connectivity index (χ2v) is 6.32. The van der Waals surface area contributed by atoms with Crippen molar-refractivity contribution in [1.29, 1.82) is 0 Å². The first-order valence-electron chi connectivity index (χ1n) is 5.73. The molecule has 0 saturated heterocycles. The highest BCUT2D eigenvalue weighted by atomic mass is 35.5. The van der Waals surface area contributed by atoms with Crippen LogP contribution >= 0.6 is 11.6 Å². The van der Waals surface area contributed by atoms with Gasteiger partial charge in [-0.1, -0.05) is 18.5 Å². The Kier molecular flexibility index (Phi) is 6.03. The lowest BCUT2D eigenvalue weighted by atomic mass is 10.2. The number of rotatable bonds is 6. The molecule has 7 nitrogen and oxygen atoms in total. The van der Waals surface area contributed by atoms with Gasteiger partial charge in [0.2, 0.25) is 0 Å². The Balaban J connectivity index is 2.75. The van der Waals surface area contributed by atoms with Crippen molar-refractivity contribution in [3.8, 4) is 0 Å². The van der Waals surface area contributed by atoms with Crippen LogP contribution in [0.25, 0.3) is 0 Å². The predicted octanol–water partition coefficient (Wildman–Crippen LogP) is 1.53. The van der Waals surface area contributed by atoms with Crippen molar-refractivity contribution in [3.05, 3.63) is 33.1 Å². The van der Waals surface area contributed by atoms with Crippen molar-refractivity contribution in [3.63, 3.8) is 0 Å². The first kappa shape index (κ1) is 16.5. The smallest absolute Gasteiger partial charge is 0.300 e. The second-order valence-electron chi connectivity index (χ2n) is 4.14. The van der Waals surface area contributed by atoms with Gasteiger partial charge < -0.3 is 5.32 Å². The van der Waals surface area contributed by atoms with Gasteiger partial charge in [0.05, 0.1) is 4.92 Å². The van der Waals surface area contributed by atoms with Crippen molar-refractivity contribution >= 4 is 34.0 Å². The van der Waals surface area contributed by atoms with Gasteiger partial charge in [-0.2, -0.15) is 0 Å². The molecule has 0 aliphatic heterocycles. The summed E-state index contributed by atoms with van der Waals surface area (Å²) in [6.45, 7) is 2.07. The van der Waals surface area contributed by atoms with Gasteiger partial charge in [0.15, 0.2) is 0 Å². The zero-order valence-electron chi connectivity index (χ0n) is 11.0. The number of hydrogen-bond acceptors (Lipinski definition) is 5. The molecule has 1 aromatic rings. The molecule has 9 heteroatoms. The maximum Gasteiger partial charge on any atom is 0.300 e. The van der Waals surface area contributed by atoms with E-state index in [1.165, 1.54) is 0 Å². The van der Waals surface area contributed by atoms with E-state index in [1.807, 2.05) is 0 Å². The molecule has 1 heterocycles. The van der Waals surface area contributed by atoms with E-state index >= 15 is 0 Å². The molecule has 110 valence electrons. The maximum absolute atomic E-state index is 11.9. The predicted molar refractivity (Wildman–Crippen MR) is 76.4 cm³/mol. The van der Waals surface area contributed by atoms with Gasteiger partial charge >= 0.3 is 0 Å². The normalized spacial score (nSPS) is 13.6. The van der Waals surface area contributed by atoms with E-state index in [2.05, 4.69) is 10.3 Å². The molecule has 0 saturated carbocycles. The SMILES string of the molecule is CC(CCNC(=O)c1cc(Cl)ncc1[N+](=O)[O-])S(C)=O. The number of halogens is 1. The van der Waals surface area contributed by atoms with Crippen LogP contribution in [0.5, 0.6) is 0 Å². The van der Waals surface area contributed by atoms with E-state index in [0.29, 0.717) is 6.42 Å². The molecular weight excluding hydrogens is 306 g/mol. The van der Waals surface area contributed by atoms with Gasteiger partial charge in [-0.3, -0.25) is 19.1 Å². The summed E-state index contributed by atoms with van der Waals surface area (Å²) in [6, 6.07) is 1.15. The molecule has 0 fully saturated rings. The number of carbonyl (C=O) groups excluding carboxylic acids is 1. The van der Waals surface area contributed by atoms with Crippen molar-refractivity contribution in [1.82, 2.24) is 10.3 Å². The molecule has 2 atom stereocenters. The Hall–Kier alpha value is -1.54. The second kappa shape index (κ2) is 7.30. The van der Waals surface area contributed by atoms with Gasteiger partial charge in [-0.25, -0.2) is 4.98 Å². The standard InChI is InChI=1S/C11H14ClN3O4S/c1-7(20(2)19)3-4-13-11(16)8-5-10(12)14-6-9(8)15(17)18/h5-7H,3-4H2,1-2H3,(H,13,16). The number of hydrogen-bond donors (Lipinski definition) is 1. The fraction of sp³-hybridized carbons (Fsp3) is 0.455. The molecule has 0 aromatic carbocycles. The van der Waals surface area contributed by atoms with E-state index in [-0.39, 0.29) is 22.5 Å². The highest BCUT2D eigenvalue weighted by molar-refractivity contribution is 7.84. The Morgan fingerprint density at radius 2 is 2.30 bits per heavy atom. The number of amides is 1. The lowest BCUT2D eigenvalue weighted by molar-refractivity contribution is -0.385. The summed E-state index contributed by atoms with van der Waals surface area (Å²) in [4.78, 5) is 25.6. The molecule has 0 spiro atoms. The van der Waals surface area contributed by atoms with Crippen LogP contribution in [0.3, 0.4) is 0 Å². The summed E-state index contributed by atoms with van der Waals surface area (Å²) in [7, 11) is -0.976. The molecule has 1 rings (SSSR count). The van der Waals surface area contributed by atoms with Crippen LogP contribution < -0.4 is 5.32 Å². The van der Waals surface area contributed by atoms with Crippen LogP contribution in [0.15, 0.2) is 12.3 Å². The Morgan fingerprint density at radius 3 is 2.85 bits per heavy atom. The third kappa shape index (κ3) is 4.53. The molecule has 0 aliphatic carbocycles. The van der Waals surface area contributed by atoms with Gasteiger partial charge in [0.25, 0.3) is 11.6 Å². The minimum Gasteiger partial charge on any atom is -0.352 e. The largest absolute Gasteiger partial charge is 0.352 e. The quantitative estimate of drug-likeness (QED) is 0.486. The lowest BCUT2D eigenvalue weighted by Crippen LogP contribution is -2.28. The Morgan fingerprint density at radius 1 is 1.65 bits per heavy atom. The number of nitrogens with zero attached hydrogens (tertiary/aromatic N) is 2. The Bertz CT molecular complexity index is 552. The zero-order valence-corrected chi connectivity index (χ0v) is 12.5. The molecule has 0 aliphatic rings. The fourth-order valence-electron chi connectivity index (χ4n) is 1.40. The minimum atomic E-state index is -0.976. The van der Waals surface area contributed by atoms with Crippen LogP contribution in [0.4, 0.5) is 5.69 Å². The topological polar surface area (TPSA) is 102 Å². The summed E-state index contributed by atoms with van der Waals surface area (Å²) in [6.07, 6.45) is 3.04. The monoisotopic (exact) mass is 319 g/mol. The van der Waals surface area contributed by atoms with Crippen molar-refractivity contribution in [2.45, 2.75) is 18.6 Å². The zero-order chi connectivity index (χ0) is 15.3. The summed E-state index contributed by atoms with van der Waals surface area (Å²) in [5.74, 6) is -0.602. The molecule has 0 radical (unpaired) electrons. The molecule has 2 unspecified atom stereocenters. The highest BCUT2D eigenvalue weighted by Gasteiger charge is 2.21. The van der Waals surface area contributed by atoms with Crippen molar-refractivity contribution in [2.24, 2.45) is 0 Å². The van der Waals surface area contributed by atoms with Gasteiger partial charge in [-0.15, -0.1) is 0 Å². The number of carbonyl (C=O) groups is 1. The Labute approximate surface area is 123 Å². The maximum atomic E-state index is 11.9. The lowest BCUT2D eigenvalue weighted by Gasteiger charge is -2.09. The van der Waals surface area contributed by atoms with Gasteiger partial charge in [0.1, 0.15) is 16.9 Å². The van der Waals surface area contributed by atoms with Crippen LogP contribution in [0, 0.1) is 10.1 Å². The average molecular weight is 320 g/mol. The first-order valence-corrected chi connectivity index (χ1v) is 7.73. The van der Waals surface area contributed by atoms with Crippen LogP contribution in [-0.4, -0.2) is 38.1 Å². The van der Waals surface area contributed by atoms with Crippen LogP contribution in [-0.2, 0) is 10.8 Å². The third-order valence-corrected chi connectivity index (χ3v) is 4.27. The average Bonchev–Trinajstić information content (AvgIpc) is 2.37. The third-order valence-electron chi connectivity index (χ3n) is 2.69. The number of nitro groups is 1. The van der Waals surface area contributed by atoms with Crippen molar-refractivity contribution in [2.75, 3.05) is 12.8 Å². The summed E-state index contributed by atoms with van der Waals surface area (Å²) >= 11 is 5.64. The van der Waals surface area contributed by atoms with Crippen LogP contribution in [0.1, 0.15) is 23.7 Å². The molecule has 1 aromatic heterocycles. The molecule has 0 bridgehead atoms. The van der Waals surface area contributed by atoms with E-state index in [1.54, 1.807) is 13.2 Å². The van der Waals surface area contributed by atoms with E-state index in [4.69, 9.17) is 11.6 Å². The molecule has 20 heavy (non-hydrogen) atoms. The highest BCUT2D eigenvalue weighted by Crippen LogP contribution is 2.20. The van der Waals surface area contributed by atoms with Crippen LogP contribution in [0.2, 0.25) is 5.15 Å². The van der Waals surface area contributed by atoms with E-state index in [0.717, 1.165) is 12.3 Å². The number of nitrogens with one attached hydrogen (secondary N) is 1. The van der Waals surface area contributed by atoms with E-state index < -0.39 is 27.3 Å². The molecule has 1 N–H and O–H groups in total. The molecule has 1 amide bonds. The van der Waals surface area contributed by atoms with Crippen molar-refractivity contribution < 1.29 is 13.9 Å². The first-order chi connectivity index (χ1) is 9.32. The molecular formula is C11H14ClN3O4S. The van der Waals surface area contributed by atoms with Gasteiger partial charge in [-0.05, 0) is 12.5 Å². The minimum absolute atomic E-state index is 0.00350. The summed E-state index contributed by atoms with van der Waals surface area (Å²) < 4.78 is 11.2. The number of pyridine rings is 1. The van der Waals surface area contributed by atoms with Gasteiger partial charge in [0, 0.05) is 28.9 Å². The summed E-state index contributed by atoms with van der Waals surface area (Å²) in [5, 5.41) is 13.3. The number of aromatic nitrogens is 1.